The van der Waals surface area contributed by atoms with E-state index in [-0.39, 0.29) is 0 Å². The molecule has 0 amide bonds. The summed E-state index contributed by atoms with van der Waals surface area (Å²) in [4.78, 5) is 15.1. The molecule has 2 rings (SSSR count). The van der Waals surface area contributed by atoms with Crippen molar-refractivity contribution in [3.63, 3.8) is 0 Å². The fourth-order valence-electron chi connectivity index (χ4n) is 1.55. The Kier molecular flexibility index (Phi) is 3.35. The average Bonchev–Trinajstić information content (AvgIpc) is 2.38. The highest BCUT2D eigenvalue weighted by Gasteiger charge is 2.18. The summed E-state index contributed by atoms with van der Waals surface area (Å²) in [6.07, 6.45) is 3.23. The molecule has 1 aromatic heterocycles. The molecule has 0 fully saturated rings. The maximum absolute atomic E-state index is 11.2. The molecule has 0 spiro atoms. The van der Waals surface area contributed by atoms with Gasteiger partial charge in [-0.25, -0.2) is 4.79 Å². The Labute approximate surface area is 98.9 Å². The van der Waals surface area contributed by atoms with Crippen molar-refractivity contribution >= 4 is 11.7 Å². The fourth-order valence-corrected chi connectivity index (χ4v) is 1.55. The third-order valence-corrected chi connectivity index (χ3v) is 2.37. The van der Waals surface area contributed by atoms with E-state index < -0.39 is 12.0 Å². The molecule has 17 heavy (non-hydrogen) atoms. The lowest BCUT2D eigenvalue weighted by Gasteiger charge is -2.15. The highest BCUT2D eigenvalue weighted by Crippen LogP contribution is 2.18. The molecule has 1 unspecified atom stereocenters. The second-order valence-corrected chi connectivity index (χ2v) is 3.56. The van der Waals surface area contributed by atoms with E-state index >= 15 is 0 Å². The van der Waals surface area contributed by atoms with Gasteiger partial charge >= 0.3 is 5.97 Å². The summed E-state index contributed by atoms with van der Waals surface area (Å²) in [6, 6.07) is 11.8. The molecule has 0 saturated carbocycles. The van der Waals surface area contributed by atoms with Gasteiger partial charge in [0, 0.05) is 18.1 Å². The molecule has 0 saturated heterocycles. The highest BCUT2D eigenvalue weighted by molar-refractivity contribution is 5.79. The van der Waals surface area contributed by atoms with E-state index in [2.05, 4.69) is 10.3 Å². The number of nitrogens with one attached hydrogen (secondary N) is 1. The zero-order chi connectivity index (χ0) is 12.1. The quantitative estimate of drug-likeness (QED) is 0.843. The van der Waals surface area contributed by atoms with Crippen molar-refractivity contribution in [3.05, 3.63) is 60.4 Å². The van der Waals surface area contributed by atoms with Crippen LogP contribution in [0.2, 0.25) is 0 Å². The third kappa shape index (κ3) is 2.81. The molecule has 0 aliphatic rings. The second kappa shape index (κ2) is 5.12. The summed E-state index contributed by atoms with van der Waals surface area (Å²) in [6.45, 7) is 0. The molecule has 2 aromatic rings. The zero-order valence-corrected chi connectivity index (χ0v) is 9.08. The number of rotatable bonds is 4. The van der Waals surface area contributed by atoms with Crippen LogP contribution in [0.5, 0.6) is 0 Å². The number of hydrogen-bond acceptors (Lipinski definition) is 3. The first-order chi connectivity index (χ1) is 8.27. The number of carboxylic acids is 1. The molecule has 1 heterocycles. The number of anilines is 1. The van der Waals surface area contributed by atoms with E-state index in [9.17, 15) is 9.90 Å². The lowest BCUT2D eigenvalue weighted by Crippen LogP contribution is -2.20. The lowest BCUT2D eigenvalue weighted by atomic mass is 10.1. The van der Waals surface area contributed by atoms with Crippen molar-refractivity contribution in [2.45, 2.75) is 6.04 Å². The number of benzene rings is 1. The van der Waals surface area contributed by atoms with E-state index in [0.717, 1.165) is 11.3 Å². The van der Waals surface area contributed by atoms with E-state index in [1.165, 1.54) is 0 Å². The summed E-state index contributed by atoms with van der Waals surface area (Å²) in [7, 11) is 0. The van der Waals surface area contributed by atoms with Gasteiger partial charge in [0.1, 0.15) is 0 Å². The molecule has 1 atom stereocenters. The van der Waals surface area contributed by atoms with Gasteiger partial charge in [0.25, 0.3) is 0 Å². The number of carbonyl (C=O) groups is 1. The maximum Gasteiger partial charge on any atom is 0.330 e. The lowest BCUT2D eigenvalue weighted by molar-refractivity contribution is -0.138. The molecule has 0 aliphatic carbocycles. The predicted octanol–water partition coefficient (Wildman–Crippen LogP) is 2.32. The topological polar surface area (TPSA) is 62.2 Å². The maximum atomic E-state index is 11.2. The number of aromatic nitrogens is 1. The molecule has 1 aromatic carbocycles. The van der Waals surface area contributed by atoms with Crippen LogP contribution in [0, 0.1) is 0 Å². The van der Waals surface area contributed by atoms with E-state index in [1.807, 2.05) is 18.2 Å². The normalized spacial score (nSPS) is 11.8. The van der Waals surface area contributed by atoms with E-state index in [4.69, 9.17) is 0 Å². The zero-order valence-electron chi connectivity index (χ0n) is 9.08. The van der Waals surface area contributed by atoms with Crippen LogP contribution >= 0.6 is 0 Å². The van der Waals surface area contributed by atoms with Crippen LogP contribution in [0.1, 0.15) is 11.6 Å². The van der Waals surface area contributed by atoms with Gasteiger partial charge < -0.3 is 10.4 Å². The Morgan fingerprint density at radius 1 is 1.12 bits per heavy atom. The van der Waals surface area contributed by atoms with Crippen molar-refractivity contribution in [1.29, 1.82) is 0 Å². The Balaban J connectivity index is 2.23. The molecule has 0 aliphatic heterocycles. The van der Waals surface area contributed by atoms with Gasteiger partial charge in [0.05, 0.1) is 0 Å². The van der Waals surface area contributed by atoms with Crippen LogP contribution in [-0.2, 0) is 4.79 Å². The number of pyridine rings is 1. The summed E-state index contributed by atoms with van der Waals surface area (Å²) in [5, 5.41) is 12.2. The molecule has 2 N–H and O–H groups in total. The summed E-state index contributed by atoms with van der Waals surface area (Å²) >= 11 is 0. The van der Waals surface area contributed by atoms with Gasteiger partial charge in [-0.05, 0) is 17.7 Å². The van der Waals surface area contributed by atoms with Crippen LogP contribution in [0.3, 0.4) is 0 Å². The summed E-state index contributed by atoms with van der Waals surface area (Å²) in [5.74, 6) is -0.909. The van der Waals surface area contributed by atoms with Gasteiger partial charge in [-0.3, -0.25) is 4.98 Å². The molecular weight excluding hydrogens is 216 g/mol. The Hall–Kier alpha value is -2.36. The fraction of sp³-hybridized carbons (Fsp3) is 0.0769. The Morgan fingerprint density at radius 3 is 2.35 bits per heavy atom. The highest BCUT2D eigenvalue weighted by atomic mass is 16.4. The smallest absolute Gasteiger partial charge is 0.330 e. The molecule has 86 valence electrons. The SMILES string of the molecule is O=C(O)C(Nc1ccncc1)c1ccccc1. The van der Waals surface area contributed by atoms with Crippen molar-refractivity contribution in [2.24, 2.45) is 0 Å². The first-order valence-corrected chi connectivity index (χ1v) is 5.21. The Morgan fingerprint density at radius 2 is 1.76 bits per heavy atom. The van der Waals surface area contributed by atoms with Crippen LogP contribution in [0.25, 0.3) is 0 Å². The monoisotopic (exact) mass is 228 g/mol. The summed E-state index contributed by atoms with van der Waals surface area (Å²) < 4.78 is 0. The molecule has 0 radical (unpaired) electrons. The van der Waals surface area contributed by atoms with Crippen molar-refractivity contribution in [2.75, 3.05) is 5.32 Å². The van der Waals surface area contributed by atoms with Crippen LogP contribution in [-0.4, -0.2) is 16.1 Å². The van der Waals surface area contributed by atoms with E-state index in [0.29, 0.717) is 0 Å². The predicted molar refractivity (Wildman–Crippen MR) is 64.7 cm³/mol. The standard InChI is InChI=1S/C13H12N2O2/c16-13(17)12(10-4-2-1-3-5-10)15-11-6-8-14-9-7-11/h1-9,12H,(H,14,15)(H,16,17). The van der Waals surface area contributed by atoms with Crippen molar-refractivity contribution in [3.8, 4) is 0 Å². The average molecular weight is 228 g/mol. The van der Waals surface area contributed by atoms with Gasteiger partial charge in [-0.1, -0.05) is 30.3 Å². The minimum absolute atomic E-state index is 0.719. The first kappa shape index (κ1) is 11.1. The minimum Gasteiger partial charge on any atom is -0.479 e. The van der Waals surface area contributed by atoms with Crippen molar-refractivity contribution < 1.29 is 9.90 Å². The third-order valence-electron chi connectivity index (χ3n) is 2.37. The van der Waals surface area contributed by atoms with Gasteiger partial charge in [-0.15, -0.1) is 0 Å². The second-order valence-electron chi connectivity index (χ2n) is 3.56. The minimum atomic E-state index is -0.909. The molecule has 4 heteroatoms. The Bertz CT molecular complexity index is 485. The van der Waals surface area contributed by atoms with Gasteiger partial charge in [0.15, 0.2) is 6.04 Å². The molecule has 0 bridgehead atoms. The van der Waals surface area contributed by atoms with E-state index in [1.54, 1.807) is 36.7 Å². The number of nitrogens with zero attached hydrogens (tertiary/aromatic N) is 1. The number of hydrogen-bond donors (Lipinski definition) is 2. The largest absolute Gasteiger partial charge is 0.479 e. The molecule has 4 nitrogen and oxygen atoms in total. The molecular formula is C13H12N2O2. The number of aliphatic carboxylic acids is 1. The van der Waals surface area contributed by atoms with Crippen molar-refractivity contribution in [1.82, 2.24) is 4.98 Å². The van der Waals surface area contributed by atoms with Crippen LogP contribution in [0.15, 0.2) is 54.9 Å². The first-order valence-electron chi connectivity index (χ1n) is 5.21. The van der Waals surface area contributed by atoms with Crippen LogP contribution in [0.4, 0.5) is 5.69 Å². The van der Waals surface area contributed by atoms with Gasteiger partial charge in [-0.2, -0.15) is 0 Å². The van der Waals surface area contributed by atoms with Gasteiger partial charge in [0.2, 0.25) is 0 Å². The number of carboxylic acid groups (broad SMARTS) is 1. The summed E-state index contributed by atoms with van der Waals surface area (Å²) in [5.41, 5.74) is 1.45. The van der Waals surface area contributed by atoms with Crippen LogP contribution < -0.4 is 5.32 Å².